The van der Waals surface area contributed by atoms with Crippen LogP contribution in [0.25, 0.3) is 0 Å². The first-order chi connectivity index (χ1) is 18.2. The summed E-state index contributed by atoms with van der Waals surface area (Å²) in [6.45, 7) is 3.56. The summed E-state index contributed by atoms with van der Waals surface area (Å²) in [6, 6.07) is 13.1. The second-order valence-corrected chi connectivity index (χ2v) is 10.9. The van der Waals surface area contributed by atoms with E-state index in [1.54, 1.807) is 17.4 Å². The molecule has 0 bridgehead atoms. The van der Waals surface area contributed by atoms with Crippen molar-refractivity contribution in [2.24, 2.45) is 0 Å². The number of unbranched alkanes of at least 4 members (excludes halogenated alkanes) is 11. The minimum atomic E-state index is -0.138. The van der Waals surface area contributed by atoms with Crippen molar-refractivity contribution in [2.45, 2.75) is 90.5 Å². The predicted octanol–water partition coefficient (Wildman–Crippen LogP) is 9.07. The molecule has 3 aromatic rings. The van der Waals surface area contributed by atoms with Crippen molar-refractivity contribution in [3.63, 3.8) is 0 Å². The number of hydrogen-bond acceptors (Lipinski definition) is 3. The summed E-state index contributed by atoms with van der Waals surface area (Å²) < 4.78 is 8.04. The molecule has 0 spiro atoms. The van der Waals surface area contributed by atoms with Crippen LogP contribution in [0.15, 0.2) is 59.6 Å². The van der Waals surface area contributed by atoms with Crippen LogP contribution >= 0.6 is 22.9 Å². The van der Waals surface area contributed by atoms with Crippen LogP contribution in [0.5, 0.6) is 5.75 Å². The summed E-state index contributed by atoms with van der Waals surface area (Å²) in [4.78, 5) is 13.1. The molecule has 0 unspecified atom stereocenters. The Balaban J connectivity index is 1.37. The van der Waals surface area contributed by atoms with E-state index in [1.807, 2.05) is 53.5 Å². The maximum Gasteiger partial charge on any atom is 0.256 e. The molecule has 1 N–H and O–H groups in total. The molecule has 0 saturated carbocycles. The van der Waals surface area contributed by atoms with Crippen molar-refractivity contribution in [1.29, 1.82) is 0 Å². The summed E-state index contributed by atoms with van der Waals surface area (Å²) in [5.74, 6) is 0.477. The maximum absolute atomic E-state index is 13.1. The molecule has 0 atom stereocenters. The molecule has 1 amide bonds. The SMILES string of the molecule is CCCCCCCCCCCCCCOc1cc(NC(=O)c2ccccc2C[n+]2ccsc2)ccc1Cl. The third-order valence-corrected chi connectivity index (χ3v) is 7.57. The van der Waals surface area contributed by atoms with Gasteiger partial charge in [0.25, 0.3) is 5.91 Å². The van der Waals surface area contributed by atoms with Gasteiger partial charge in [-0.15, -0.1) is 0 Å². The van der Waals surface area contributed by atoms with Crippen molar-refractivity contribution in [2.75, 3.05) is 11.9 Å². The number of thiazole rings is 1. The number of rotatable bonds is 18. The summed E-state index contributed by atoms with van der Waals surface area (Å²) in [7, 11) is 0. The Morgan fingerprint density at radius 1 is 0.919 bits per heavy atom. The molecule has 0 aliphatic heterocycles. The Morgan fingerprint density at radius 3 is 2.27 bits per heavy atom. The molecule has 1 heterocycles. The largest absolute Gasteiger partial charge is 0.492 e. The predicted molar refractivity (Wildman–Crippen MR) is 156 cm³/mol. The lowest BCUT2D eigenvalue weighted by Crippen LogP contribution is -2.32. The lowest BCUT2D eigenvalue weighted by atomic mass is 10.1. The van der Waals surface area contributed by atoms with Crippen LogP contribution in [-0.4, -0.2) is 12.5 Å². The molecule has 6 heteroatoms. The lowest BCUT2D eigenvalue weighted by Gasteiger charge is -2.12. The highest BCUT2D eigenvalue weighted by atomic mass is 35.5. The molecule has 4 nitrogen and oxygen atoms in total. The van der Waals surface area contributed by atoms with Gasteiger partial charge in [-0.2, -0.15) is 4.57 Å². The van der Waals surface area contributed by atoms with Gasteiger partial charge in [-0.25, -0.2) is 0 Å². The molecule has 200 valence electrons. The summed E-state index contributed by atoms with van der Waals surface area (Å²) in [5.41, 5.74) is 4.35. The zero-order valence-corrected chi connectivity index (χ0v) is 23.8. The van der Waals surface area contributed by atoms with Crippen LogP contribution in [0.3, 0.4) is 0 Å². The van der Waals surface area contributed by atoms with E-state index in [2.05, 4.69) is 16.8 Å². The normalized spacial score (nSPS) is 11.0. The fourth-order valence-electron chi connectivity index (χ4n) is 4.44. The highest BCUT2D eigenvalue weighted by Gasteiger charge is 2.15. The molecule has 0 aliphatic carbocycles. The number of amides is 1. The van der Waals surface area contributed by atoms with Gasteiger partial charge in [0.2, 0.25) is 5.51 Å². The molecular formula is C31H42ClN2O2S+. The van der Waals surface area contributed by atoms with Gasteiger partial charge in [0, 0.05) is 22.9 Å². The zero-order valence-electron chi connectivity index (χ0n) is 22.2. The van der Waals surface area contributed by atoms with E-state index < -0.39 is 0 Å². The Hall–Kier alpha value is -2.37. The molecule has 0 aliphatic rings. The fraction of sp³-hybridized carbons (Fsp3) is 0.484. The van der Waals surface area contributed by atoms with Gasteiger partial charge in [0.15, 0.2) is 12.7 Å². The number of aromatic nitrogens is 1. The number of carbonyl (C=O) groups excluding carboxylic acids is 1. The van der Waals surface area contributed by atoms with E-state index in [-0.39, 0.29) is 5.91 Å². The minimum absolute atomic E-state index is 0.138. The Morgan fingerprint density at radius 2 is 1.59 bits per heavy atom. The quantitative estimate of drug-likeness (QED) is 0.129. The zero-order chi connectivity index (χ0) is 26.1. The van der Waals surface area contributed by atoms with E-state index in [4.69, 9.17) is 16.3 Å². The number of benzene rings is 2. The molecule has 0 radical (unpaired) electrons. The van der Waals surface area contributed by atoms with Gasteiger partial charge in [0.05, 0.1) is 17.0 Å². The molecule has 0 fully saturated rings. The number of ether oxygens (including phenoxy) is 1. The van der Waals surface area contributed by atoms with Crippen LogP contribution in [0, 0.1) is 0 Å². The maximum atomic E-state index is 13.1. The third-order valence-electron chi connectivity index (χ3n) is 6.59. The fourth-order valence-corrected chi connectivity index (χ4v) is 5.21. The highest BCUT2D eigenvalue weighted by Crippen LogP contribution is 2.28. The van der Waals surface area contributed by atoms with E-state index in [0.29, 0.717) is 35.2 Å². The van der Waals surface area contributed by atoms with E-state index in [1.165, 1.54) is 70.6 Å². The number of carbonyl (C=O) groups is 1. The van der Waals surface area contributed by atoms with Gasteiger partial charge in [-0.1, -0.05) is 119 Å². The van der Waals surface area contributed by atoms with E-state index in [9.17, 15) is 4.79 Å². The third kappa shape index (κ3) is 10.9. The second-order valence-electron chi connectivity index (χ2n) is 9.69. The van der Waals surface area contributed by atoms with Gasteiger partial charge >= 0.3 is 0 Å². The van der Waals surface area contributed by atoms with Crippen LogP contribution in [0.2, 0.25) is 5.02 Å². The topological polar surface area (TPSA) is 42.2 Å². The van der Waals surface area contributed by atoms with Crippen molar-refractivity contribution in [1.82, 2.24) is 0 Å². The first-order valence-corrected chi connectivity index (χ1v) is 15.2. The number of anilines is 1. The molecular weight excluding hydrogens is 500 g/mol. The summed E-state index contributed by atoms with van der Waals surface area (Å²) in [6.07, 6.45) is 17.8. The van der Waals surface area contributed by atoms with Crippen LogP contribution in [-0.2, 0) is 6.54 Å². The van der Waals surface area contributed by atoms with Crippen molar-refractivity contribution < 1.29 is 14.1 Å². The minimum Gasteiger partial charge on any atom is -0.492 e. The van der Waals surface area contributed by atoms with Gasteiger partial charge in [-0.3, -0.25) is 4.79 Å². The Bertz CT molecular complexity index is 1060. The molecule has 1 aromatic heterocycles. The van der Waals surface area contributed by atoms with Gasteiger partial charge in [0.1, 0.15) is 5.75 Å². The van der Waals surface area contributed by atoms with Gasteiger partial charge < -0.3 is 10.1 Å². The first kappa shape index (κ1) is 29.2. The van der Waals surface area contributed by atoms with Gasteiger partial charge in [-0.05, 0) is 24.6 Å². The number of nitrogens with one attached hydrogen (secondary N) is 1. The standard InChI is InChI=1S/C31H41ClN2O2S/c1-2-3-4-5-6-7-8-9-10-11-12-15-21-36-30-23-27(18-19-29(30)32)33-31(35)28-17-14-13-16-26(28)24-34-20-22-37-25-34/h13-14,16-20,22-23,25H,2-12,15,21,24H2,1H3/p+1. The molecule has 0 saturated heterocycles. The Kier molecular flexibility index (Phi) is 13.6. The molecule has 37 heavy (non-hydrogen) atoms. The molecule has 2 aromatic carbocycles. The van der Waals surface area contributed by atoms with Crippen molar-refractivity contribution >= 4 is 34.5 Å². The van der Waals surface area contributed by atoms with E-state index >= 15 is 0 Å². The summed E-state index contributed by atoms with van der Waals surface area (Å²) >= 11 is 8.00. The lowest BCUT2D eigenvalue weighted by molar-refractivity contribution is -0.683. The summed E-state index contributed by atoms with van der Waals surface area (Å²) in [5, 5.41) is 5.60. The Labute approximate surface area is 232 Å². The van der Waals surface area contributed by atoms with Crippen LogP contribution in [0.1, 0.15) is 99.9 Å². The monoisotopic (exact) mass is 541 g/mol. The second kappa shape index (κ2) is 17.2. The average molecular weight is 542 g/mol. The number of halogens is 1. The first-order valence-electron chi connectivity index (χ1n) is 13.9. The van der Waals surface area contributed by atoms with E-state index in [0.717, 1.165) is 12.0 Å². The highest BCUT2D eigenvalue weighted by molar-refractivity contribution is 7.07. The smallest absolute Gasteiger partial charge is 0.256 e. The number of nitrogens with zero attached hydrogens (tertiary/aromatic N) is 1. The van der Waals surface area contributed by atoms with Crippen LogP contribution in [0.4, 0.5) is 5.69 Å². The molecule has 3 rings (SSSR count). The average Bonchev–Trinajstić information content (AvgIpc) is 3.42. The van der Waals surface area contributed by atoms with Crippen molar-refractivity contribution in [3.8, 4) is 5.75 Å². The van der Waals surface area contributed by atoms with Crippen molar-refractivity contribution in [3.05, 3.63) is 75.7 Å². The van der Waals surface area contributed by atoms with Crippen LogP contribution < -0.4 is 14.6 Å². The number of hydrogen-bond donors (Lipinski definition) is 1.